The van der Waals surface area contributed by atoms with Crippen LogP contribution in [0.15, 0.2) is 0 Å². The standard InChI is InChI=1S/C26H40F10NO10P/c27-23(28,25(31,32)33)13-9-5-1-3-7-11-20(38)44-15-18(16-45-48(42,43)46-17-19(37)22(40)41)47-21(39)12-8-4-2-6-10-14-24(29,30)26(34,35)36/h18-19H,1-17,37H2,(H,40,41)(H,42,43). The van der Waals surface area contributed by atoms with E-state index < -0.39 is 108 Å². The number of phosphoric acid groups is 1. The van der Waals surface area contributed by atoms with E-state index in [1.54, 1.807) is 0 Å². The van der Waals surface area contributed by atoms with Crippen LogP contribution in [-0.2, 0) is 37.5 Å². The average Bonchev–Trinajstić information content (AvgIpc) is 2.94. The minimum atomic E-state index is -5.65. The fourth-order valence-electron chi connectivity index (χ4n) is 3.66. The summed E-state index contributed by atoms with van der Waals surface area (Å²) in [4.78, 5) is 44.8. The highest BCUT2D eigenvalue weighted by Gasteiger charge is 2.57. The summed E-state index contributed by atoms with van der Waals surface area (Å²) in [5.41, 5.74) is 5.17. The number of nitrogens with two attached hydrogens (primary N) is 1. The van der Waals surface area contributed by atoms with Gasteiger partial charge in [-0.25, -0.2) is 4.57 Å². The van der Waals surface area contributed by atoms with E-state index in [9.17, 15) is 67.7 Å². The minimum Gasteiger partial charge on any atom is -0.480 e. The zero-order valence-electron chi connectivity index (χ0n) is 25.6. The van der Waals surface area contributed by atoms with Crippen molar-refractivity contribution >= 4 is 25.7 Å². The molecule has 3 atom stereocenters. The number of carbonyl (C=O) groups is 3. The van der Waals surface area contributed by atoms with Gasteiger partial charge in [0.1, 0.15) is 12.6 Å². The number of carboxylic acids is 1. The number of esters is 2. The smallest absolute Gasteiger partial charge is 0.472 e. The van der Waals surface area contributed by atoms with E-state index in [-0.39, 0.29) is 64.2 Å². The largest absolute Gasteiger partial charge is 0.480 e. The lowest BCUT2D eigenvalue weighted by molar-refractivity contribution is -0.284. The first-order valence-corrected chi connectivity index (χ1v) is 16.2. The van der Waals surface area contributed by atoms with Crippen LogP contribution in [0.1, 0.15) is 89.9 Å². The highest BCUT2D eigenvalue weighted by molar-refractivity contribution is 7.47. The predicted molar refractivity (Wildman–Crippen MR) is 145 cm³/mol. The SMILES string of the molecule is NC(COP(=O)(O)OCC(COC(=O)CCCCCCCC(F)(F)C(F)(F)F)OC(=O)CCCCCCCC(F)(F)C(F)(F)F)C(=O)O. The van der Waals surface area contributed by atoms with Gasteiger partial charge in [-0.05, 0) is 25.7 Å². The molecule has 0 saturated heterocycles. The van der Waals surface area contributed by atoms with Gasteiger partial charge in [0.25, 0.3) is 0 Å². The number of halogens is 10. The molecule has 22 heteroatoms. The molecule has 0 radical (unpaired) electrons. The number of unbranched alkanes of at least 4 members (excludes halogenated alkanes) is 8. The molecule has 4 N–H and O–H groups in total. The number of phosphoric ester groups is 1. The fraction of sp³-hybridized carbons (Fsp3) is 0.885. The molecular formula is C26H40F10NO10P. The second kappa shape index (κ2) is 21.1. The molecule has 0 spiro atoms. The highest BCUT2D eigenvalue weighted by Crippen LogP contribution is 2.43. The number of aliphatic carboxylic acids is 1. The Hall–Kier alpha value is -2.22. The molecule has 0 aromatic rings. The normalized spacial score (nSPS) is 15.4. The van der Waals surface area contributed by atoms with Gasteiger partial charge in [-0.15, -0.1) is 0 Å². The molecule has 0 aliphatic carbocycles. The Bertz CT molecular complexity index is 1030. The van der Waals surface area contributed by atoms with Gasteiger partial charge in [0.2, 0.25) is 0 Å². The van der Waals surface area contributed by atoms with Gasteiger partial charge < -0.3 is 25.2 Å². The van der Waals surface area contributed by atoms with Gasteiger partial charge in [0.15, 0.2) is 6.10 Å². The van der Waals surface area contributed by atoms with Crippen LogP contribution < -0.4 is 5.73 Å². The van der Waals surface area contributed by atoms with Gasteiger partial charge in [0.05, 0.1) is 13.2 Å². The maximum Gasteiger partial charge on any atom is 0.472 e. The van der Waals surface area contributed by atoms with Gasteiger partial charge in [-0.1, -0.05) is 38.5 Å². The molecule has 284 valence electrons. The number of carbonyl (C=O) groups excluding carboxylic acids is 2. The van der Waals surface area contributed by atoms with Crippen molar-refractivity contribution < 1.29 is 91.4 Å². The van der Waals surface area contributed by atoms with Crippen LogP contribution in [-0.4, -0.2) is 84.1 Å². The Kier molecular flexibility index (Phi) is 20.1. The van der Waals surface area contributed by atoms with Crippen molar-refractivity contribution in [2.75, 3.05) is 19.8 Å². The van der Waals surface area contributed by atoms with Gasteiger partial charge in [-0.2, -0.15) is 43.9 Å². The van der Waals surface area contributed by atoms with Crippen molar-refractivity contribution in [3.8, 4) is 0 Å². The summed E-state index contributed by atoms with van der Waals surface area (Å²) in [6.45, 7) is -2.55. The van der Waals surface area contributed by atoms with Crippen LogP contribution in [0.5, 0.6) is 0 Å². The van der Waals surface area contributed by atoms with Crippen molar-refractivity contribution in [3.63, 3.8) is 0 Å². The fourth-order valence-corrected chi connectivity index (χ4v) is 4.43. The molecular weight excluding hydrogens is 707 g/mol. The topological polar surface area (TPSA) is 172 Å². The third-order valence-electron chi connectivity index (χ3n) is 6.46. The molecule has 3 unspecified atom stereocenters. The van der Waals surface area contributed by atoms with E-state index in [1.807, 2.05) is 0 Å². The van der Waals surface area contributed by atoms with Gasteiger partial charge >= 0.3 is 49.9 Å². The third-order valence-corrected chi connectivity index (χ3v) is 7.41. The van der Waals surface area contributed by atoms with Crippen LogP contribution in [0.2, 0.25) is 0 Å². The molecule has 0 aromatic carbocycles. The van der Waals surface area contributed by atoms with E-state index in [2.05, 4.69) is 9.05 Å². The second-order valence-electron chi connectivity index (χ2n) is 10.7. The molecule has 0 aliphatic rings. The third kappa shape index (κ3) is 20.3. The van der Waals surface area contributed by atoms with E-state index in [0.717, 1.165) is 0 Å². The number of ether oxygens (including phenoxy) is 2. The zero-order chi connectivity index (χ0) is 37.2. The maximum atomic E-state index is 12.9. The molecule has 0 heterocycles. The molecule has 0 bridgehead atoms. The first-order valence-electron chi connectivity index (χ1n) is 14.7. The van der Waals surface area contributed by atoms with E-state index >= 15 is 0 Å². The molecule has 48 heavy (non-hydrogen) atoms. The Morgan fingerprint density at radius 1 is 0.625 bits per heavy atom. The summed E-state index contributed by atoms with van der Waals surface area (Å²) in [6.07, 6.45) is -15.5. The quantitative estimate of drug-likeness (QED) is 0.0366. The first kappa shape index (κ1) is 45.8. The van der Waals surface area contributed by atoms with Crippen LogP contribution in [0, 0.1) is 0 Å². The second-order valence-corrected chi connectivity index (χ2v) is 12.2. The summed E-state index contributed by atoms with van der Waals surface area (Å²) >= 11 is 0. The molecule has 0 aliphatic heterocycles. The predicted octanol–water partition coefficient (Wildman–Crippen LogP) is 6.84. The average molecular weight is 748 g/mol. The first-order chi connectivity index (χ1) is 21.9. The zero-order valence-corrected chi connectivity index (χ0v) is 26.5. The lowest BCUT2D eigenvalue weighted by atomic mass is 10.1. The Morgan fingerprint density at radius 2 is 1.02 bits per heavy atom. The maximum absolute atomic E-state index is 12.9. The lowest BCUT2D eigenvalue weighted by Gasteiger charge is -2.20. The molecule has 0 saturated carbocycles. The minimum absolute atomic E-state index is 0.0262. The summed E-state index contributed by atoms with van der Waals surface area (Å²) < 4.78 is 156. The number of alkyl halides is 10. The highest BCUT2D eigenvalue weighted by atomic mass is 31.2. The molecule has 0 aromatic heterocycles. The van der Waals surface area contributed by atoms with E-state index in [4.69, 9.17) is 20.3 Å². The van der Waals surface area contributed by atoms with E-state index in [0.29, 0.717) is 0 Å². The summed E-state index contributed by atoms with van der Waals surface area (Å²) in [7, 11) is -4.95. The Morgan fingerprint density at radius 3 is 1.46 bits per heavy atom. The monoisotopic (exact) mass is 747 g/mol. The van der Waals surface area contributed by atoms with Crippen LogP contribution >= 0.6 is 7.82 Å². The van der Waals surface area contributed by atoms with Crippen molar-refractivity contribution in [3.05, 3.63) is 0 Å². The summed E-state index contributed by atoms with van der Waals surface area (Å²) in [5, 5.41) is 8.72. The van der Waals surface area contributed by atoms with Crippen LogP contribution in [0.25, 0.3) is 0 Å². The van der Waals surface area contributed by atoms with Crippen molar-refractivity contribution in [2.45, 2.75) is 126 Å². The van der Waals surface area contributed by atoms with Gasteiger partial charge in [-0.3, -0.25) is 23.4 Å². The van der Waals surface area contributed by atoms with E-state index in [1.165, 1.54) is 0 Å². The summed E-state index contributed by atoms with van der Waals surface area (Å²) in [5.74, 6) is -13.0. The molecule has 0 rings (SSSR count). The number of carboxylic acid groups (broad SMARTS) is 1. The molecule has 11 nitrogen and oxygen atoms in total. The molecule has 0 fully saturated rings. The Labute approximate surface area is 269 Å². The number of hydrogen-bond donors (Lipinski definition) is 3. The van der Waals surface area contributed by atoms with Crippen molar-refractivity contribution in [1.82, 2.24) is 0 Å². The number of hydrogen-bond acceptors (Lipinski definition) is 9. The molecule has 0 amide bonds. The summed E-state index contributed by atoms with van der Waals surface area (Å²) in [6, 6.07) is -1.69. The number of rotatable bonds is 26. The van der Waals surface area contributed by atoms with Crippen LogP contribution in [0.4, 0.5) is 43.9 Å². The van der Waals surface area contributed by atoms with Crippen LogP contribution in [0.3, 0.4) is 0 Å². The lowest BCUT2D eigenvalue weighted by Crippen LogP contribution is -2.36. The van der Waals surface area contributed by atoms with Crippen molar-refractivity contribution in [2.24, 2.45) is 5.73 Å². The Balaban J connectivity index is 4.75. The van der Waals surface area contributed by atoms with Gasteiger partial charge in [0, 0.05) is 25.7 Å². The van der Waals surface area contributed by atoms with Crippen molar-refractivity contribution in [1.29, 1.82) is 0 Å².